The van der Waals surface area contributed by atoms with Crippen LogP contribution in [-0.4, -0.2) is 57.3 Å². The Kier molecular flexibility index (Phi) is 11.0. The van der Waals surface area contributed by atoms with Gasteiger partial charge >= 0.3 is 6.61 Å². The Balaban J connectivity index is 0.000000467. The van der Waals surface area contributed by atoms with Crippen molar-refractivity contribution in [1.82, 2.24) is 24.4 Å². The first-order valence-electron chi connectivity index (χ1n) is 13.5. The lowest BCUT2D eigenvalue weighted by atomic mass is 9.77. The van der Waals surface area contributed by atoms with Crippen molar-refractivity contribution >= 4 is 11.0 Å². The van der Waals surface area contributed by atoms with Crippen molar-refractivity contribution in [1.29, 1.82) is 0 Å². The van der Waals surface area contributed by atoms with Gasteiger partial charge in [0.05, 0.1) is 17.3 Å². The molecular formula is C28H41F2N7O2. The average molecular weight is 546 g/mol. The van der Waals surface area contributed by atoms with Crippen LogP contribution in [0.3, 0.4) is 0 Å². The van der Waals surface area contributed by atoms with E-state index >= 15 is 0 Å². The number of alkyl halides is 2. The van der Waals surface area contributed by atoms with E-state index in [4.69, 9.17) is 11.6 Å². The quantitative estimate of drug-likeness (QED) is 0.297. The molecule has 0 bridgehead atoms. The van der Waals surface area contributed by atoms with Gasteiger partial charge in [-0.2, -0.15) is 8.78 Å². The number of aromatic amines is 1. The Morgan fingerprint density at radius 2 is 1.90 bits per heavy atom. The minimum atomic E-state index is -2.73. The zero-order valence-corrected chi connectivity index (χ0v) is 23.1. The van der Waals surface area contributed by atoms with Crippen molar-refractivity contribution in [2.24, 2.45) is 11.6 Å². The van der Waals surface area contributed by atoms with Gasteiger partial charge < -0.3 is 20.5 Å². The largest absolute Gasteiger partial charge is 0.385 e. The molecule has 0 spiro atoms. The molecule has 1 saturated heterocycles. The van der Waals surface area contributed by atoms with Crippen LogP contribution in [0.15, 0.2) is 53.9 Å². The van der Waals surface area contributed by atoms with Gasteiger partial charge in [-0.1, -0.05) is 39.0 Å². The molecule has 5 N–H and O–H groups in total. The van der Waals surface area contributed by atoms with E-state index in [1.165, 1.54) is 24.3 Å². The molecule has 3 heterocycles. The number of fused-ring (bicyclic) bond motifs is 1. The summed E-state index contributed by atoms with van der Waals surface area (Å²) >= 11 is 0. The molecule has 1 aromatic carbocycles. The van der Waals surface area contributed by atoms with Crippen LogP contribution in [0.25, 0.3) is 16.7 Å². The van der Waals surface area contributed by atoms with Gasteiger partial charge in [-0.15, -0.1) is 0 Å². The van der Waals surface area contributed by atoms with Gasteiger partial charge in [-0.25, -0.2) is 10.8 Å². The van der Waals surface area contributed by atoms with Gasteiger partial charge in [-0.05, 0) is 68.5 Å². The zero-order chi connectivity index (χ0) is 28.5. The van der Waals surface area contributed by atoms with Crippen molar-refractivity contribution in [3.63, 3.8) is 0 Å². The minimum Gasteiger partial charge on any atom is -0.385 e. The first-order chi connectivity index (χ1) is 18.7. The number of nitrogens with two attached hydrogens (primary N) is 2. The van der Waals surface area contributed by atoms with Crippen LogP contribution in [0.2, 0.25) is 0 Å². The molecule has 1 saturated carbocycles. The third kappa shape index (κ3) is 8.11. The van der Waals surface area contributed by atoms with E-state index in [1.807, 2.05) is 44.2 Å². The molecule has 214 valence electrons. The molecule has 11 heteroatoms. The van der Waals surface area contributed by atoms with E-state index in [-0.39, 0.29) is 11.5 Å². The Morgan fingerprint density at radius 3 is 2.51 bits per heavy atom. The molecule has 1 aliphatic carbocycles. The predicted octanol–water partition coefficient (Wildman–Crippen LogP) is 4.43. The van der Waals surface area contributed by atoms with E-state index in [2.05, 4.69) is 26.2 Å². The summed E-state index contributed by atoms with van der Waals surface area (Å²) < 4.78 is 30.8. The second-order valence-corrected chi connectivity index (χ2v) is 9.70. The number of hydrogen-bond acceptors (Lipinski definition) is 7. The maximum absolute atomic E-state index is 13.1. The monoisotopic (exact) mass is 545 g/mol. The molecule has 2 aliphatic rings. The smallest absolute Gasteiger partial charge is 0.345 e. The van der Waals surface area contributed by atoms with Gasteiger partial charge in [0.15, 0.2) is 0 Å². The average Bonchev–Trinajstić information content (AvgIpc) is 3.31. The van der Waals surface area contributed by atoms with E-state index < -0.39 is 12.7 Å². The molecule has 0 amide bonds. The third-order valence-corrected chi connectivity index (χ3v) is 6.90. The van der Waals surface area contributed by atoms with Crippen LogP contribution in [0, 0.1) is 0 Å². The fourth-order valence-corrected chi connectivity index (χ4v) is 4.71. The molecule has 1 aliphatic heterocycles. The molecular weight excluding hydrogens is 504 g/mol. The molecule has 0 atom stereocenters. The molecule has 0 unspecified atom stereocenters. The van der Waals surface area contributed by atoms with Crippen molar-refractivity contribution in [2.75, 3.05) is 20.1 Å². The Morgan fingerprint density at radius 1 is 1.23 bits per heavy atom. The highest BCUT2D eigenvalue weighted by atomic mass is 19.3. The van der Waals surface area contributed by atoms with Crippen LogP contribution in [0.1, 0.15) is 63.1 Å². The van der Waals surface area contributed by atoms with Crippen LogP contribution in [0.5, 0.6) is 0 Å². The number of halogens is 2. The first kappa shape index (κ1) is 30.3. The van der Waals surface area contributed by atoms with Gasteiger partial charge in [0.1, 0.15) is 17.7 Å². The third-order valence-electron chi connectivity index (χ3n) is 6.90. The number of aromatic nitrogens is 3. The lowest BCUT2D eigenvalue weighted by Crippen LogP contribution is -2.31. The van der Waals surface area contributed by atoms with Gasteiger partial charge in [0, 0.05) is 19.3 Å². The Hall–Kier alpha value is -3.28. The number of nitrogens with zero attached hydrogens (tertiary/aromatic N) is 4. The summed E-state index contributed by atoms with van der Waals surface area (Å²) in [6.45, 7) is 7.58. The predicted molar refractivity (Wildman–Crippen MR) is 150 cm³/mol. The molecule has 3 aromatic rings. The van der Waals surface area contributed by atoms with E-state index in [1.54, 1.807) is 17.9 Å². The summed E-state index contributed by atoms with van der Waals surface area (Å²) in [5, 5.41) is 1.25. The van der Waals surface area contributed by atoms with Crippen molar-refractivity contribution < 1.29 is 13.5 Å². The number of benzene rings is 1. The summed E-state index contributed by atoms with van der Waals surface area (Å²) in [6, 6.07) is 9.62. The van der Waals surface area contributed by atoms with Crippen LogP contribution >= 0.6 is 0 Å². The number of hydrogen-bond donors (Lipinski definition) is 3. The molecule has 5 rings (SSSR count). The Bertz CT molecular complexity index is 1260. The number of hydrazine groups is 1. The molecule has 2 fully saturated rings. The molecule has 0 radical (unpaired) electrons. The number of likely N-dealkylation sites (tertiary alicyclic amines) is 1. The van der Waals surface area contributed by atoms with Crippen molar-refractivity contribution in [3.05, 3.63) is 70.7 Å². The summed E-state index contributed by atoms with van der Waals surface area (Å²) in [4.78, 5) is 23.3. The van der Waals surface area contributed by atoms with Gasteiger partial charge in [0.2, 0.25) is 0 Å². The van der Waals surface area contributed by atoms with Crippen molar-refractivity contribution in [2.45, 2.75) is 71.1 Å². The topological polar surface area (TPSA) is 118 Å². The number of ether oxygens (including phenoxy) is 1. The maximum atomic E-state index is 13.1. The van der Waals surface area contributed by atoms with Crippen LogP contribution in [0.4, 0.5) is 8.78 Å². The highest BCUT2D eigenvalue weighted by Gasteiger charge is 2.33. The lowest BCUT2D eigenvalue weighted by Gasteiger charge is -2.35. The molecule has 39 heavy (non-hydrogen) atoms. The maximum Gasteiger partial charge on any atom is 0.345 e. The summed E-state index contributed by atoms with van der Waals surface area (Å²) in [7, 11) is 1.63. The standard InChI is InChI=1S/C23H26F2N4O2.C3H9N3.C2H6/c24-23(25)31-19-10-16(11-19)15-5-4-6-18(9-15)29-14-26-20-12-17(27-21(20)22(29)30)13-28-7-2-1-3-8-28;1-3(4)6(2)5;1-2/h4-6,9,12,14,16,19,23,27H,1-3,7-8,10-11,13H2;1,4-5H2,2H3;1-2H3. The van der Waals surface area contributed by atoms with Crippen LogP contribution < -0.4 is 17.1 Å². The summed E-state index contributed by atoms with van der Waals surface area (Å²) in [6.07, 6.45) is 6.02. The fourth-order valence-electron chi connectivity index (χ4n) is 4.71. The zero-order valence-electron chi connectivity index (χ0n) is 23.1. The molecule has 2 aromatic heterocycles. The highest BCUT2D eigenvalue weighted by Crippen LogP contribution is 2.39. The number of rotatable bonds is 7. The normalized spacial score (nSPS) is 18.9. The SMILES string of the molecule is C=C(N)N(C)N.CC.O=c1c2[nH]c(CN3CCCCC3)cc2ncn1-c1cccc(C2CC(OC(F)F)C2)c1. The van der Waals surface area contributed by atoms with Gasteiger partial charge in [-0.3, -0.25) is 14.3 Å². The second-order valence-electron chi connectivity index (χ2n) is 9.70. The Labute approximate surface area is 228 Å². The molecule has 9 nitrogen and oxygen atoms in total. The number of H-pyrrole nitrogens is 1. The van der Waals surface area contributed by atoms with E-state index in [9.17, 15) is 13.6 Å². The second kappa shape index (κ2) is 14.2. The number of piperidine rings is 1. The minimum absolute atomic E-state index is 0.139. The van der Waals surface area contributed by atoms with Crippen LogP contribution in [-0.2, 0) is 11.3 Å². The summed E-state index contributed by atoms with van der Waals surface area (Å²) in [5.74, 6) is 5.58. The first-order valence-corrected chi connectivity index (χ1v) is 13.5. The fraction of sp³-hybridized carbons (Fsp3) is 0.500. The highest BCUT2D eigenvalue weighted by molar-refractivity contribution is 5.75. The lowest BCUT2D eigenvalue weighted by molar-refractivity contribution is -0.184. The van der Waals surface area contributed by atoms with Crippen molar-refractivity contribution in [3.8, 4) is 5.69 Å². The van der Waals surface area contributed by atoms with E-state index in [0.717, 1.165) is 36.6 Å². The summed E-state index contributed by atoms with van der Waals surface area (Å²) in [5.41, 5.74) is 8.84. The number of nitrogens with one attached hydrogen (secondary N) is 1. The van der Waals surface area contributed by atoms with E-state index in [0.29, 0.717) is 29.7 Å². The van der Waals surface area contributed by atoms with Gasteiger partial charge in [0.25, 0.3) is 5.56 Å².